The van der Waals surface area contributed by atoms with Gasteiger partial charge in [-0.2, -0.15) is 5.26 Å². The zero-order chi connectivity index (χ0) is 13.8. The fourth-order valence-corrected chi connectivity index (χ4v) is 1.77. The van der Waals surface area contributed by atoms with Crippen molar-refractivity contribution in [3.8, 4) is 6.07 Å². The Morgan fingerprint density at radius 2 is 2.00 bits per heavy atom. The number of aromatic nitrogens is 2. The van der Waals surface area contributed by atoms with Crippen molar-refractivity contribution < 1.29 is 0 Å². The third-order valence-electron chi connectivity index (χ3n) is 2.73. The SMILES string of the molecule is Cc1ccc(Nc2cnc(C#N)cn2)cc1N(C)C. The first-order chi connectivity index (χ1) is 9.10. The highest BCUT2D eigenvalue weighted by Gasteiger charge is 2.03. The minimum absolute atomic E-state index is 0.309. The number of hydrogen-bond donors (Lipinski definition) is 1. The summed E-state index contributed by atoms with van der Waals surface area (Å²) in [6, 6.07) is 8.03. The van der Waals surface area contributed by atoms with Crippen LogP contribution in [-0.2, 0) is 0 Å². The Balaban J connectivity index is 2.23. The molecule has 0 bridgehead atoms. The Labute approximate surface area is 112 Å². The van der Waals surface area contributed by atoms with Crippen LogP contribution >= 0.6 is 0 Å². The van der Waals surface area contributed by atoms with Gasteiger partial charge in [-0.05, 0) is 24.6 Å². The molecule has 0 saturated heterocycles. The van der Waals surface area contributed by atoms with Gasteiger partial charge in [0.2, 0.25) is 0 Å². The Kier molecular flexibility index (Phi) is 3.62. The first-order valence-electron chi connectivity index (χ1n) is 5.87. The summed E-state index contributed by atoms with van der Waals surface area (Å²) >= 11 is 0. The van der Waals surface area contributed by atoms with E-state index in [-0.39, 0.29) is 0 Å². The summed E-state index contributed by atoms with van der Waals surface area (Å²) in [5.74, 6) is 0.618. The van der Waals surface area contributed by atoms with Gasteiger partial charge in [-0.15, -0.1) is 0 Å². The van der Waals surface area contributed by atoms with Gasteiger partial charge in [-0.25, -0.2) is 9.97 Å². The molecule has 0 amide bonds. The summed E-state index contributed by atoms with van der Waals surface area (Å²) in [7, 11) is 4.02. The van der Waals surface area contributed by atoms with Crippen LogP contribution in [0.3, 0.4) is 0 Å². The van der Waals surface area contributed by atoms with Crippen LogP contribution in [0.4, 0.5) is 17.2 Å². The quantitative estimate of drug-likeness (QED) is 0.910. The van der Waals surface area contributed by atoms with Crippen molar-refractivity contribution >= 4 is 17.2 Å². The summed E-state index contributed by atoms with van der Waals surface area (Å²) in [5.41, 5.74) is 3.60. The molecule has 2 aromatic rings. The van der Waals surface area contributed by atoms with Crippen molar-refractivity contribution in [2.45, 2.75) is 6.92 Å². The number of benzene rings is 1. The molecule has 0 aliphatic heterocycles. The first kappa shape index (κ1) is 12.8. The highest BCUT2D eigenvalue weighted by Crippen LogP contribution is 2.24. The van der Waals surface area contributed by atoms with Gasteiger partial charge < -0.3 is 10.2 Å². The number of hydrogen-bond acceptors (Lipinski definition) is 5. The molecule has 2 rings (SSSR count). The lowest BCUT2D eigenvalue weighted by Gasteiger charge is -2.17. The molecule has 0 aliphatic rings. The van der Waals surface area contributed by atoms with Crippen molar-refractivity contribution in [1.82, 2.24) is 9.97 Å². The maximum absolute atomic E-state index is 8.67. The number of nitrogens with one attached hydrogen (secondary N) is 1. The predicted octanol–water partition coefficient (Wildman–Crippen LogP) is 2.47. The second-order valence-electron chi connectivity index (χ2n) is 4.42. The van der Waals surface area contributed by atoms with E-state index >= 15 is 0 Å². The number of nitriles is 1. The number of nitrogens with zero attached hydrogens (tertiary/aromatic N) is 4. The molecule has 0 radical (unpaired) electrons. The van der Waals surface area contributed by atoms with Gasteiger partial charge in [0.15, 0.2) is 5.69 Å². The van der Waals surface area contributed by atoms with Crippen LogP contribution in [-0.4, -0.2) is 24.1 Å². The maximum atomic E-state index is 8.67. The molecule has 96 valence electrons. The average Bonchev–Trinajstić information content (AvgIpc) is 2.41. The topological polar surface area (TPSA) is 64.8 Å². The Hall–Kier alpha value is -2.61. The molecular formula is C14H15N5. The van der Waals surface area contributed by atoms with Crippen LogP contribution in [0.2, 0.25) is 0 Å². The summed E-state index contributed by atoms with van der Waals surface area (Å²) in [6.45, 7) is 2.07. The molecular weight excluding hydrogens is 238 g/mol. The van der Waals surface area contributed by atoms with Crippen molar-refractivity contribution in [3.05, 3.63) is 41.9 Å². The van der Waals surface area contributed by atoms with Gasteiger partial charge in [-0.3, -0.25) is 0 Å². The van der Waals surface area contributed by atoms with E-state index in [2.05, 4.69) is 39.2 Å². The third-order valence-corrected chi connectivity index (χ3v) is 2.73. The maximum Gasteiger partial charge on any atom is 0.158 e. The Morgan fingerprint density at radius 1 is 1.21 bits per heavy atom. The average molecular weight is 253 g/mol. The van der Waals surface area contributed by atoms with E-state index in [1.54, 1.807) is 6.20 Å². The van der Waals surface area contributed by atoms with Gasteiger partial charge in [0.25, 0.3) is 0 Å². The van der Waals surface area contributed by atoms with Gasteiger partial charge in [0.05, 0.1) is 12.4 Å². The molecule has 1 aromatic heterocycles. The van der Waals surface area contributed by atoms with E-state index in [1.165, 1.54) is 11.8 Å². The van der Waals surface area contributed by atoms with Gasteiger partial charge >= 0.3 is 0 Å². The second kappa shape index (κ2) is 5.36. The summed E-state index contributed by atoms with van der Waals surface area (Å²) in [4.78, 5) is 10.2. The molecule has 1 aromatic carbocycles. The molecule has 1 heterocycles. The van der Waals surface area contributed by atoms with Crippen LogP contribution in [0.5, 0.6) is 0 Å². The molecule has 0 atom stereocenters. The van der Waals surface area contributed by atoms with E-state index in [1.807, 2.05) is 26.2 Å². The van der Waals surface area contributed by atoms with E-state index in [0.29, 0.717) is 11.5 Å². The fraction of sp³-hybridized carbons (Fsp3) is 0.214. The lowest BCUT2D eigenvalue weighted by molar-refractivity contribution is 1.11. The standard InChI is InChI=1S/C14H15N5/c1-10-4-5-11(6-13(10)19(2)3)18-14-9-16-12(7-15)8-17-14/h4-6,8-9H,1-3H3,(H,17,18). The molecule has 0 fully saturated rings. The van der Waals surface area contributed by atoms with Gasteiger partial charge in [0, 0.05) is 25.5 Å². The second-order valence-corrected chi connectivity index (χ2v) is 4.42. The molecule has 5 nitrogen and oxygen atoms in total. The number of rotatable bonds is 3. The van der Waals surface area contributed by atoms with E-state index < -0.39 is 0 Å². The van der Waals surface area contributed by atoms with Gasteiger partial charge in [-0.1, -0.05) is 6.07 Å². The highest BCUT2D eigenvalue weighted by molar-refractivity contribution is 5.65. The first-order valence-corrected chi connectivity index (χ1v) is 5.87. The normalized spacial score (nSPS) is 9.79. The van der Waals surface area contributed by atoms with Crippen LogP contribution in [0.1, 0.15) is 11.3 Å². The molecule has 1 N–H and O–H groups in total. The zero-order valence-electron chi connectivity index (χ0n) is 11.2. The van der Waals surface area contributed by atoms with Crippen molar-refractivity contribution in [2.24, 2.45) is 0 Å². The molecule has 0 aliphatic carbocycles. The van der Waals surface area contributed by atoms with Crippen molar-refractivity contribution in [1.29, 1.82) is 5.26 Å². The lowest BCUT2D eigenvalue weighted by atomic mass is 10.1. The molecule has 0 saturated carbocycles. The Bertz CT molecular complexity index is 611. The van der Waals surface area contributed by atoms with Gasteiger partial charge in [0.1, 0.15) is 11.9 Å². The minimum Gasteiger partial charge on any atom is -0.377 e. The summed E-state index contributed by atoms with van der Waals surface area (Å²) in [6.07, 6.45) is 3.00. The Morgan fingerprint density at radius 3 is 2.58 bits per heavy atom. The zero-order valence-corrected chi connectivity index (χ0v) is 11.2. The van der Waals surface area contributed by atoms with Crippen LogP contribution in [0.15, 0.2) is 30.6 Å². The highest BCUT2D eigenvalue weighted by atomic mass is 15.1. The predicted molar refractivity (Wildman–Crippen MR) is 75.5 cm³/mol. The largest absolute Gasteiger partial charge is 0.377 e. The minimum atomic E-state index is 0.309. The molecule has 19 heavy (non-hydrogen) atoms. The molecule has 0 spiro atoms. The van der Waals surface area contributed by atoms with Crippen LogP contribution < -0.4 is 10.2 Å². The monoisotopic (exact) mass is 253 g/mol. The van der Waals surface area contributed by atoms with Crippen LogP contribution in [0, 0.1) is 18.3 Å². The van der Waals surface area contributed by atoms with Crippen molar-refractivity contribution in [2.75, 3.05) is 24.3 Å². The van der Waals surface area contributed by atoms with Crippen molar-refractivity contribution in [3.63, 3.8) is 0 Å². The molecule has 0 unspecified atom stereocenters. The fourth-order valence-electron chi connectivity index (χ4n) is 1.77. The smallest absolute Gasteiger partial charge is 0.158 e. The summed E-state index contributed by atoms with van der Waals surface area (Å²) < 4.78 is 0. The van der Waals surface area contributed by atoms with Crippen LogP contribution in [0.25, 0.3) is 0 Å². The third kappa shape index (κ3) is 2.99. The molecule has 5 heteroatoms. The number of aryl methyl sites for hydroxylation is 1. The summed E-state index contributed by atoms with van der Waals surface area (Å²) in [5, 5.41) is 11.8. The van der Waals surface area contributed by atoms with E-state index in [9.17, 15) is 0 Å². The number of anilines is 3. The lowest BCUT2D eigenvalue weighted by Crippen LogP contribution is -2.10. The van der Waals surface area contributed by atoms with E-state index in [0.717, 1.165) is 11.4 Å². The van der Waals surface area contributed by atoms with E-state index in [4.69, 9.17) is 5.26 Å².